The van der Waals surface area contributed by atoms with Gasteiger partial charge in [-0.1, -0.05) is 30.3 Å². The number of hydrogen-bond donors (Lipinski definition) is 0. The van der Waals surface area contributed by atoms with Gasteiger partial charge in [0.15, 0.2) is 0 Å². The molecule has 128 valence electrons. The quantitative estimate of drug-likeness (QED) is 0.525. The first-order valence-corrected chi connectivity index (χ1v) is 8.72. The lowest BCUT2D eigenvalue weighted by atomic mass is 10.0. The Kier molecular flexibility index (Phi) is 4.24. The minimum absolute atomic E-state index is 0.161. The highest BCUT2D eigenvalue weighted by atomic mass is 16.6. The van der Waals surface area contributed by atoms with E-state index in [0.29, 0.717) is 6.04 Å². The third kappa shape index (κ3) is 3.28. The fourth-order valence-corrected chi connectivity index (χ4v) is 3.77. The summed E-state index contributed by atoms with van der Waals surface area (Å²) in [6.45, 7) is 3.09. The molecule has 4 rings (SSSR count). The monoisotopic (exact) mass is 335 g/mol. The number of nitrogens with zero attached hydrogens (tertiary/aromatic N) is 3. The molecular formula is C20H21N3O2. The summed E-state index contributed by atoms with van der Waals surface area (Å²) in [5.74, 6) is 0. The zero-order chi connectivity index (χ0) is 17.2. The number of piperidine rings is 1. The van der Waals surface area contributed by atoms with Gasteiger partial charge in [0.25, 0.3) is 5.69 Å². The molecule has 0 aliphatic carbocycles. The second-order valence-electron chi connectivity index (χ2n) is 6.72. The Morgan fingerprint density at radius 2 is 1.80 bits per heavy atom. The number of non-ortho nitro benzene ring substituents is 1. The first-order chi connectivity index (χ1) is 12.2. The van der Waals surface area contributed by atoms with Crippen molar-refractivity contribution in [2.75, 3.05) is 13.1 Å². The van der Waals surface area contributed by atoms with Crippen LogP contribution in [0, 0.1) is 10.1 Å². The fraction of sp³-hybridized carbons (Fsp3) is 0.300. The van der Waals surface area contributed by atoms with E-state index >= 15 is 0 Å². The Morgan fingerprint density at radius 1 is 1.04 bits per heavy atom. The molecule has 0 amide bonds. The topological polar surface area (TPSA) is 51.3 Å². The van der Waals surface area contributed by atoms with Crippen LogP contribution in [0.25, 0.3) is 10.9 Å². The van der Waals surface area contributed by atoms with Crippen LogP contribution in [0.15, 0.2) is 60.8 Å². The molecule has 0 atom stereocenters. The van der Waals surface area contributed by atoms with E-state index in [-0.39, 0.29) is 10.6 Å². The van der Waals surface area contributed by atoms with Gasteiger partial charge < -0.3 is 4.57 Å². The molecule has 2 heterocycles. The minimum Gasteiger partial charge on any atom is -0.344 e. The summed E-state index contributed by atoms with van der Waals surface area (Å²) in [5.41, 5.74) is 2.48. The number of benzene rings is 2. The number of hydrogen-bond acceptors (Lipinski definition) is 3. The van der Waals surface area contributed by atoms with Crippen LogP contribution in [0.1, 0.15) is 24.4 Å². The zero-order valence-corrected chi connectivity index (χ0v) is 14.0. The van der Waals surface area contributed by atoms with Crippen molar-refractivity contribution < 1.29 is 4.92 Å². The number of aromatic nitrogens is 1. The van der Waals surface area contributed by atoms with Gasteiger partial charge in [0, 0.05) is 49.4 Å². The van der Waals surface area contributed by atoms with Gasteiger partial charge in [-0.05, 0) is 30.5 Å². The lowest BCUT2D eigenvalue weighted by molar-refractivity contribution is -0.384. The number of rotatable bonds is 4. The van der Waals surface area contributed by atoms with E-state index in [9.17, 15) is 10.1 Å². The smallest absolute Gasteiger partial charge is 0.271 e. The Bertz CT molecular complexity index is 880. The predicted molar refractivity (Wildman–Crippen MR) is 98.6 cm³/mol. The standard InChI is InChI=1S/C20H21N3O2/c24-23(25)19-7-6-17-8-13-22(20(17)14-19)18-9-11-21(12-10-18)15-16-4-2-1-3-5-16/h1-8,13-14,18H,9-12,15H2. The molecule has 1 aliphatic heterocycles. The van der Waals surface area contributed by atoms with Gasteiger partial charge in [0.1, 0.15) is 0 Å². The molecule has 0 bridgehead atoms. The molecule has 5 heteroatoms. The van der Waals surface area contributed by atoms with E-state index in [1.807, 2.05) is 12.1 Å². The lowest BCUT2D eigenvalue weighted by Crippen LogP contribution is -2.34. The van der Waals surface area contributed by atoms with Crippen LogP contribution < -0.4 is 0 Å². The molecule has 1 aliphatic rings. The molecule has 1 aromatic heterocycles. The summed E-state index contributed by atoms with van der Waals surface area (Å²) in [5, 5.41) is 12.1. The third-order valence-electron chi connectivity index (χ3n) is 5.12. The summed E-state index contributed by atoms with van der Waals surface area (Å²) >= 11 is 0. The second-order valence-corrected chi connectivity index (χ2v) is 6.72. The van der Waals surface area contributed by atoms with Crippen molar-refractivity contribution in [3.8, 4) is 0 Å². The Hall–Kier alpha value is -2.66. The number of nitro benzene ring substituents is 1. The highest BCUT2D eigenvalue weighted by molar-refractivity contribution is 5.82. The van der Waals surface area contributed by atoms with Crippen molar-refractivity contribution in [3.05, 3.63) is 76.5 Å². The van der Waals surface area contributed by atoms with Crippen molar-refractivity contribution in [2.24, 2.45) is 0 Å². The first kappa shape index (κ1) is 15.8. The van der Waals surface area contributed by atoms with Crippen LogP contribution >= 0.6 is 0 Å². The molecule has 5 nitrogen and oxygen atoms in total. The van der Waals surface area contributed by atoms with E-state index in [1.165, 1.54) is 5.56 Å². The molecule has 2 aromatic carbocycles. The molecular weight excluding hydrogens is 314 g/mol. The van der Waals surface area contributed by atoms with Crippen LogP contribution in [0.2, 0.25) is 0 Å². The molecule has 0 unspecified atom stereocenters. The van der Waals surface area contributed by atoms with Gasteiger partial charge in [-0.15, -0.1) is 0 Å². The fourth-order valence-electron chi connectivity index (χ4n) is 3.77. The molecule has 1 fully saturated rings. The van der Waals surface area contributed by atoms with Crippen molar-refractivity contribution in [2.45, 2.75) is 25.4 Å². The van der Waals surface area contributed by atoms with Crippen LogP contribution in [-0.4, -0.2) is 27.5 Å². The van der Waals surface area contributed by atoms with Gasteiger partial charge in [0.05, 0.1) is 10.4 Å². The summed E-state index contributed by atoms with van der Waals surface area (Å²) in [6.07, 6.45) is 4.21. The van der Waals surface area contributed by atoms with Crippen LogP contribution in [-0.2, 0) is 6.54 Å². The number of likely N-dealkylation sites (tertiary alicyclic amines) is 1. The Labute approximate surface area is 146 Å². The predicted octanol–water partition coefficient (Wildman–Crippen LogP) is 4.39. The van der Waals surface area contributed by atoms with Crippen molar-refractivity contribution in [3.63, 3.8) is 0 Å². The minimum atomic E-state index is -0.320. The van der Waals surface area contributed by atoms with E-state index < -0.39 is 0 Å². The van der Waals surface area contributed by atoms with Gasteiger partial charge >= 0.3 is 0 Å². The Morgan fingerprint density at radius 3 is 2.52 bits per heavy atom. The van der Waals surface area contributed by atoms with E-state index in [2.05, 4.69) is 46.0 Å². The normalized spacial score (nSPS) is 16.3. The molecule has 0 N–H and O–H groups in total. The molecule has 0 saturated carbocycles. The van der Waals surface area contributed by atoms with Crippen molar-refractivity contribution in [1.29, 1.82) is 0 Å². The number of fused-ring (bicyclic) bond motifs is 1. The molecule has 1 saturated heterocycles. The van der Waals surface area contributed by atoms with E-state index in [4.69, 9.17) is 0 Å². The van der Waals surface area contributed by atoms with Gasteiger partial charge in [0.2, 0.25) is 0 Å². The maximum Gasteiger partial charge on any atom is 0.271 e. The largest absolute Gasteiger partial charge is 0.344 e. The van der Waals surface area contributed by atoms with Gasteiger partial charge in [-0.3, -0.25) is 15.0 Å². The first-order valence-electron chi connectivity index (χ1n) is 8.72. The number of nitro groups is 1. The van der Waals surface area contributed by atoms with Crippen LogP contribution in [0.3, 0.4) is 0 Å². The summed E-state index contributed by atoms with van der Waals surface area (Å²) in [4.78, 5) is 13.2. The van der Waals surface area contributed by atoms with Crippen molar-refractivity contribution >= 4 is 16.6 Å². The molecule has 25 heavy (non-hydrogen) atoms. The lowest BCUT2D eigenvalue weighted by Gasteiger charge is -2.33. The Balaban J connectivity index is 1.48. The van der Waals surface area contributed by atoms with E-state index in [0.717, 1.165) is 43.4 Å². The summed E-state index contributed by atoms with van der Waals surface area (Å²) in [7, 11) is 0. The zero-order valence-electron chi connectivity index (χ0n) is 14.0. The third-order valence-corrected chi connectivity index (χ3v) is 5.12. The van der Waals surface area contributed by atoms with Crippen molar-refractivity contribution in [1.82, 2.24) is 9.47 Å². The summed E-state index contributed by atoms with van der Waals surface area (Å²) < 4.78 is 2.22. The highest BCUT2D eigenvalue weighted by Crippen LogP contribution is 2.30. The maximum absolute atomic E-state index is 11.1. The second kappa shape index (κ2) is 6.69. The average Bonchev–Trinajstić information content (AvgIpc) is 3.06. The SMILES string of the molecule is O=[N+]([O-])c1ccc2ccn(C3CCN(Cc4ccccc4)CC3)c2c1. The van der Waals surface area contributed by atoms with Gasteiger partial charge in [-0.2, -0.15) is 0 Å². The van der Waals surface area contributed by atoms with Crippen LogP contribution in [0.4, 0.5) is 5.69 Å². The molecule has 0 radical (unpaired) electrons. The van der Waals surface area contributed by atoms with Gasteiger partial charge in [-0.25, -0.2) is 0 Å². The molecule has 0 spiro atoms. The van der Waals surface area contributed by atoms with E-state index in [1.54, 1.807) is 12.1 Å². The van der Waals surface area contributed by atoms with Crippen LogP contribution in [0.5, 0.6) is 0 Å². The highest BCUT2D eigenvalue weighted by Gasteiger charge is 2.22. The summed E-state index contributed by atoms with van der Waals surface area (Å²) in [6, 6.07) is 18.1. The average molecular weight is 335 g/mol. The maximum atomic E-state index is 11.1. The molecule has 3 aromatic rings.